The summed E-state index contributed by atoms with van der Waals surface area (Å²) in [5, 5.41) is 5.85. The molecule has 0 bridgehead atoms. The highest BCUT2D eigenvalue weighted by atomic mass is 16.6. The van der Waals surface area contributed by atoms with Crippen molar-refractivity contribution in [2.24, 2.45) is 19.8 Å². The number of rotatable bonds is 20. The zero-order valence-electron chi connectivity index (χ0n) is 48.2. The number of nitrogens with one attached hydrogen (secondary N) is 3. The maximum atomic E-state index is 12.3. The van der Waals surface area contributed by atoms with Crippen molar-refractivity contribution in [1.82, 2.24) is 39.7 Å². The predicted molar refractivity (Wildman–Crippen MR) is 319 cm³/mol. The first-order valence-electron chi connectivity index (χ1n) is 27.4. The third-order valence-electron chi connectivity index (χ3n) is 12.4. The normalized spacial score (nSPS) is 12.2. The number of hydrogen-bond acceptors (Lipinski definition) is 11. The molecule has 16 heteroatoms. The Hall–Kier alpha value is -9.15. The number of aromatic nitrogens is 6. The highest BCUT2D eigenvalue weighted by Gasteiger charge is 2.25. The molecule has 16 nitrogen and oxygen atoms in total. The number of nitrogens with zero attached hydrogens (tertiary/aromatic N) is 5. The SMILES string of the molecule is CC(C)(C)OC(=O)N[C@@H](Cc1ccc(OCc2ccccc2)cc1)c1ncc[nH]1.Cn1ccnc1[C@@H](N)Cc1ccc(OCc2ccccc2)cc1.Cn1ccnc1[C@H](Cc1ccc(OCc2ccccc2)cc1)NC(=O)OC(C)(C)C. The Morgan fingerprint density at radius 2 is 0.841 bits per heavy atom. The van der Waals surface area contributed by atoms with Crippen LogP contribution < -0.4 is 30.6 Å². The summed E-state index contributed by atoms with van der Waals surface area (Å²) in [4.78, 5) is 40.7. The second-order valence-electron chi connectivity index (χ2n) is 21.6. The second kappa shape index (κ2) is 29.9. The summed E-state index contributed by atoms with van der Waals surface area (Å²) in [5.41, 5.74) is 11.8. The Morgan fingerprint density at radius 3 is 1.20 bits per heavy atom. The summed E-state index contributed by atoms with van der Waals surface area (Å²) in [6.07, 6.45) is 11.7. The van der Waals surface area contributed by atoms with E-state index in [1.54, 1.807) is 24.8 Å². The van der Waals surface area contributed by atoms with Crippen LogP contribution in [0.2, 0.25) is 0 Å². The Bertz CT molecular complexity index is 3270. The third kappa shape index (κ3) is 20.8. The van der Waals surface area contributed by atoms with Crippen LogP contribution in [0, 0.1) is 0 Å². The number of aryl methyl sites for hydroxylation is 2. The number of H-pyrrole nitrogens is 1. The van der Waals surface area contributed by atoms with Crippen molar-refractivity contribution >= 4 is 12.2 Å². The number of alkyl carbamates (subject to hydrolysis) is 2. The molecule has 5 N–H and O–H groups in total. The average Bonchev–Trinajstić information content (AvgIpc) is 4.41. The average molecular weight is 1110 g/mol. The lowest BCUT2D eigenvalue weighted by Gasteiger charge is -2.23. The lowest BCUT2D eigenvalue weighted by Crippen LogP contribution is -2.36. The van der Waals surface area contributed by atoms with Crippen LogP contribution in [0.25, 0.3) is 0 Å². The van der Waals surface area contributed by atoms with Crippen LogP contribution in [-0.4, -0.2) is 52.5 Å². The molecule has 428 valence electrons. The Morgan fingerprint density at radius 1 is 0.476 bits per heavy atom. The van der Waals surface area contributed by atoms with E-state index in [9.17, 15) is 9.59 Å². The van der Waals surface area contributed by atoms with Crippen molar-refractivity contribution in [3.63, 3.8) is 0 Å². The van der Waals surface area contributed by atoms with E-state index in [1.165, 1.54) is 5.56 Å². The molecule has 6 aromatic carbocycles. The first-order chi connectivity index (χ1) is 39.4. The number of amides is 2. The number of aromatic amines is 1. The lowest BCUT2D eigenvalue weighted by atomic mass is 10.1. The van der Waals surface area contributed by atoms with Crippen molar-refractivity contribution in [1.29, 1.82) is 0 Å². The highest BCUT2D eigenvalue weighted by Crippen LogP contribution is 2.24. The van der Waals surface area contributed by atoms with Crippen molar-refractivity contribution in [2.45, 2.75) is 110 Å². The monoisotopic (exact) mass is 1110 g/mol. The Kier molecular flexibility index (Phi) is 22.0. The summed E-state index contributed by atoms with van der Waals surface area (Å²) in [6.45, 7) is 12.7. The number of carbonyl (C=O) groups is 2. The van der Waals surface area contributed by atoms with Gasteiger partial charge in [-0.2, -0.15) is 0 Å². The van der Waals surface area contributed by atoms with E-state index in [-0.39, 0.29) is 18.1 Å². The number of imidazole rings is 3. The van der Waals surface area contributed by atoms with Crippen molar-refractivity contribution in [2.75, 3.05) is 0 Å². The number of carbonyl (C=O) groups excluding carboxylic acids is 2. The molecular weight excluding hydrogens is 1030 g/mol. The minimum absolute atomic E-state index is 0.105. The molecule has 9 aromatic rings. The fraction of sp³-hybridized carbons (Fsp3) is 0.288. The summed E-state index contributed by atoms with van der Waals surface area (Å²) in [7, 11) is 3.87. The zero-order chi connectivity index (χ0) is 58.3. The molecule has 0 saturated carbocycles. The molecule has 0 saturated heterocycles. The molecule has 0 unspecified atom stereocenters. The zero-order valence-corrected chi connectivity index (χ0v) is 48.2. The van der Waals surface area contributed by atoms with Gasteiger partial charge in [0.2, 0.25) is 0 Å². The van der Waals surface area contributed by atoms with Crippen molar-refractivity contribution < 1.29 is 33.3 Å². The van der Waals surface area contributed by atoms with Crippen LogP contribution in [0.4, 0.5) is 9.59 Å². The minimum atomic E-state index is -0.561. The fourth-order valence-corrected chi connectivity index (χ4v) is 8.44. The predicted octanol–water partition coefficient (Wildman–Crippen LogP) is 12.8. The molecule has 0 spiro atoms. The molecule has 82 heavy (non-hydrogen) atoms. The van der Waals surface area contributed by atoms with Gasteiger partial charge >= 0.3 is 12.2 Å². The van der Waals surface area contributed by atoms with Crippen molar-refractivity contribution in [3.8, 4) is 17.2 Å². The Balaban J connectivity index is 0.000000179. The van der Waals surface area contributed by atoms with Gasteiger partial charge in [0, 0.05) is 64.1 Å². The molecule has 0 radical (unpaired) electrons. The molecule has 9 rings (SSSR count). The maximum Gasteiger partial charge on any atom is 0.408 e. The molecule has 3 atom stereocenters. The molecule has 2 amide bonds. The molecule has 0 aliphatic carbocycles. The Labute approximate surface area is 482 Å². The van der Waals surface area contributed by atoms with E-state index >= 15 is 0 Å². The van der Waals surface area contributed by atoms with E-state index in [2.05, 4.69) is 54.8 Å². The second-order valence-corrected chi connectivity index (χ2v) is 21.6. The van der Waals surface area contributed by atoms with Crippen LogP contribution in [0.15, 0.2) is 201 Å². The van der Waals surface area contributed by atoms with Gasteiger partial charge in [-0.3, -0.25) is 0 Å². The standard InChI is InChI=1S/C24H29N3O3.C23H27N3O3.C19H21N3O/c1-24(2,3)30-23(28)26-21(22-25-14-15-27(22)4)16-18-10-12-20(13-11-18)29-17-19-8-6-5-7-9-19;1-23(2,3)29-22(27)26-20(21-24-13-14-25-21)15-17-9-11-19(12-10-17)28-16-18-7-5-4-6-8-18;1-22-12-11-21-19(22)18(20)13-15-7-9-17(10-8-15)23-14-16-5-3-2-4-6-16/h5-15,21H,16-17H2,1-4H3,(H,26,28);4-14,20H,15-16H2,1-3H3,(H,24,25)(H,26,27);2-12,18H,13-14,20H2,1H3/t21-;20-;18-/m000/s1. The van der Waals surface area contributed by atoms with Gasteiger partial charge in [-0.05, 0) is 118 Å². The van der Waals surface area contributed by atoms with E-state index in [1.807, 2.05) is 217 Å². The molecule has 3 heterocycles. The van der Waals surface area contributed by atoms with E-state index in [0.717, 1.165) is 63.1 Å². The van der Waals surface area contributed by atoms with Crippen LogP contribution >= 0.6 is 0 Å². The summed E-state index contributed by atoms with van der Waals surface area (Å²) >= 11 is 0. The van der Waals surface area contributed by atoms with Gasteiger partial charge in [0.05, 0.1) is 18.1 Å². The summed E-state index contributed by atoms with van der Waals surface area (Å²) in [5.74, 6) is 4.81. The van der Waals surface area contributed by atoms with Gasteiger partial charge in [0.1, 0.15) is 65.7 Å². The summed E-state index contributed by atoms with van der Waals surface area (Å²) < 4.78 is 32.2. The van der Waals surface area contributed by atoms with E-state index in [4.69, 9.17) is 29.4 Å². The molecule has 0 aliphatic heterocycles. The smallest absolute Gasteiger partial charge is 0.408 e. The lowest BCUT2D eigenvalue weighted by molar-refractivity contribution is 0.0489. The van der Waals surface area contributed by atoms with Gasteiger partial charge in [0.25, 0.3) is 0 Å². The number of hydrogen-bond donors (Lipinski definition) is 4. The van der Waals surface area contributed by atoms with Gasteiger partial charge in [-0.15, -0.1) is 0 Å². The number of nitrogens with two attached hydrogens (primary N) is 1. The number of benzene rings is 6. The number of ether oxygens (including phenoxy) is 5. The highest BCUT2D eigenvalue weighted by molar-refractivity contribution is 5.68. The van der Waals surface area contributed by atoms with Crippen LogP contribution in [0.5, 0.6) is 17.2 Å². The molecular formula is C66H77N9O7. The van der Waals surface area contributed by atoms with Gasteiger partial charge in [-0.1, -0.05) is 127 Å². The minimum Gasteiger partial charge on any atom is -0.489 e. The molecule has 0 aliphatic rings. The van der Waals surface area contributed by atoms with Gasteiger partial charge in [0.15, 0.2) is 0 Å². The van der Waals surface area contributed by atoms with Crippen LogP contribution in [0.1, 0.15) is 111 Å². The van der Waals surface area contributed by atoms with Crippen molar-refractivity contribution in [3.05, 3.63) is 252 Å². The van der Waals surface area contributed by atoms with E-state index in [0.29, 0.717) is 38.5 Å². The molecule has 3 aromatic heterocycles. The van der Waals surface area contributed by atoms with Gasteiger partial charge < -0.3 is 54.2 Å². The third-order valence-corrected chi connectivity index (χ3v) is 12.4. The van der Waals surface area contributed by atoms with E-state index < -0.39 is 23.4 Å². The topological polar surface area (TPSA) is 195 Å². The quantitative estimate of drug-likeness (QED) is 0.0567. The van der Waals surface area contributed by atoms with Crippen LogP contribution in [-0.2, 0) is 62.7 Å². The largest absolute Gasteiger partial charge is 0.489 e. The summed E-state index contributed by atoms with van der Waals surface area (Å²) in [6, 6.07) is 53.4. The first kappa shape index (κ1) is 60.5. The van der Waals surface area contributed by atoms with Gasteiger partial charge in [-0.25, -0.2) is 24.5 Å². The fourth-order valence-electron chi connectivity index (χ4n) is 8.44. The van der Waals surface area contributed by atoms with Crippen LogP contribution in [0.3, 0.4) is 0 Å². The maximum absolute atomic E-state index is 12.3. The molecule has 0 fully saturated rings. The first-order valence-corrected chi connectivity index (χ1v) is 27.4.